The van der Waals surface area contributed by atoms with Crippen LogP contribution in [0.5, 0.6) is 23.0 Å². The van der Waals surface area contributed by atoms with Gasteiger partial charge in [-0.25, -0.2) is 0 Å². The molecule has 0 amide bonds. The van der Waals surface area contributed by atoms with Crippen molar-refractivity contribution < 1.29 is 19.7 Å². The second-order valence-corrected chi connectivity index (χ2v) is 6.00. The van der Waals surface area contributed by atoms with Gasteiger partial charge in [-0.3, -0.25) is 0 Å². The molecule has 29 heavy (non-hydrogen) atoms. The summed E-state index contributed by atoms with van der Waals surface area (Å²) in [7, 11) is 1.66. The molecule has 1 heterocycles. The molecule has 0 fully saturated rings. The van der Waals surface area contributed by atoms with Gasteiger partial charge in [0.15, 0.2) is 0 Å². The summed E-state index contributed by atoms with van der Waals surface area (Å²) in [6, 6.07) is 22.1. The molecule has 2 N–H and O–H groups in total. The zero-order valence-corrected chi connectivity index (χ0v) is 17.8. The predicted octanol–water partition coefficient (Wildman–Crippen LogP) is 6.14. The summed E-state index contributed by atoms with van der Waals surface area (Å²) in [6.45, 7) is 6.66. The van der Waals surface area contributed by atoms with E-state index in [0.29, 0.717) is 11.5 Å². The Balaban J connectivity index is 0.000000218. The maximum atomic E-state index is 9.40. The summed E-state index contributed by atoms with van der Waals surface area (Å²) < 4.78 is 10.4. The van der Waals surface area contributed by atoms with Crippen molar-refractivity contribution >= 4 is 0 Å². The molecule has 0 atom stereocenters. The van der Waals surface area contributed by atoms with E-state index in [1.54, 1.807) is 37.4 Å². The minimum Gasteiger partial charge on any atom is -0.508 e. The van der Waals surface area contributed by atoms with Gasteiger partial charge in [-0.05, 0) is 55.7 Å². The van der Waals surface area contributed by atoms with Gasteiger partial charge >= 0.3 is 0 Å². The van der Waals surface area contributed by atoms with Crippen LogP contribution in [0.2, 0.25) is 0 Å². The third kappa shape index (κ3) is 8.60. The average molecular weight is 397 g/mol. The topological polar surface area (TPSA) is 58.9 Å². The first-order valence-corrected chi connectivity index (χ1v) is 9.89. The zero-order valence-electron chi connectivity index (χ0n) is 17.8. The second-order valence-electron chi connectivity index (χ2n) is 6.00. The molecule has 1 aliphatic rings. The lowest BCUT2D eigenvalue weighted by Gasteiger charge is -2.19. The van der Waals surface area contributed by atoms with E-state index < -0.39 is 0 Å². The molecule has 3 aromatic rings. The molecule has 0 unspecified atom stereocenters. The van der Waals surface area contributed by atoms with Gasteiger partial charge in [-0.1, -0.05) is 56.3 Å². The van der Waals surface area contributed by atoms with E-state index in [1.807, 2.05) is 63.2 Å². The molecule has 0 saturated heterocycles. The number of benzene rings is 3. The summed E-state index contributed by atoms with van der Waals surface area (Å²) in [5, 5.41) is 18.0. The van der Waals surface area contributed by atoms with Gasteiger partial charge in [0.05, 0.1) is 13.7 Å². The van der Waals surface area contributed by atoms with Gasteiger partial charge in [-0.2, -0.15) is 0 Å². The molecule has 1 aliphatic heterocycles. The van der Waals surface area contributed by atoms with Crippen molar-refractivity contribution in [3.8, 4) is 23.0 Å². The third-order valence-corrected chi connectivity index (χ3v) is 4.03. The largest absolute Gasteiger partial charge is 0.508 e. The van der Waals surface area contributed by atoms with Crippen LogP contribution in [0.4, 0.5) is 0 Å². The number of aryl methyl sites for hydroxylation is 1. The Morgan fingerprint density at radius 1 is 0.828 bits per heavy atom. The van der Waals surface area contributed by atoms with Crippen LogP contribution in [0.15, 0.2) is 72.8 Å². The highest BCUT2D eigenvalue weighted by Crippen LogP contribution is 2.33. The Bertz CT molecular complexity index is 802. The molecule has 0 aliphatic carbocycles. The summed E-state index contributed by atoms with van der Waals surface area (Å²) in [4.78, 5) is 0. The van der Waals surface area contributed by atoms with Crippen LogP contribution >= 0.6 is 0 Å². The Kier molecular flexibility index (Phi) is 11.5. The maximum absolute atomic E-state index is 9.40. The number of para-hydroxylation sites is 2. The van der Waals surface area contributed by atoms with Crippen molar-refractivity contribution in [1.82, 2.24) is 0 Å². The molecule has 0 spiro atoms. The molecule has 0 aromatic heterocycles. The molecule has 4 rings (SSSR count). The van der Waals surface area contributed by atoms with Crippen LogP contribution in [0, 0.1) is 6.92 Å². The highest BCUT2D eigenvalue weighted by molar-refractivity contribution is 5.49. The Morgan fingerprint density at radius 2 is 1.41 bits per heavy atom. The molecular weight excluding hydrogens is 364 g/mol. The summed E-state index contributed by atoms with van der Waals surface area (Å²) in [5.74, 6) is 2.45. The van der Waals surface area contributed by atoms with Gasteiger partial charge in [0.1, 0.15) is 23.0 Å². The predicted molar refractivity (Wildman–Crippen MR) is 119 cm³/mol. The first kappa shape index (κ1) is 23.9. The Labute approximate surface area is 174 Å². The Hall–Kier alpha value is -3.14. The highest BCUT2D eigenvalue weighted by atomic mass is 16.5. The van der Waals surface area contributed by atoms with Gasteiger partial charge in [0.25, 0.3) is 0 Å². The number of phenolic OH excluding ortho intramolecular Hbond substituents is 2. The van der Waals surface area contributed by atoms with Gasteiger partial charge in [0, 0.05) is 5.56 Å². The molecule has 0 bridgehead atoms. The fraction of sp³-hybridized carbons (Fsp3) is 0.280. The SMILES string of the molecule is CC.COc1ccccc1.Cc1c(O)ccc2c1OCCC2.Oc1ccccc1. The fourth-order valence-electron chi connectivity index (χ4n) is 2.56. The molecule has 0 radical (unpaired) electrons. The van der Waals surface area contributed by atoms with E-state index in [2.05, 4.69) is 0 Å². The molecule has 156 valence electrons. The molecule has 0 saturated carbocycles. The monoisotopic (exact) mass is 396 g/mol. The van der Waals surface area contributed by atoms with Crippen molar-refractivity contribution in [1.29, 1.82) is 0 Å². The number of ether oxygens (including phenoxy) is 2. The first-order chi connectivity index (χ1) is 14.1. The van der Waals surface area contributed by atoms with Crippen LogP contribution in [-0.4, -0.2) is 23.9 Å². The van der Waals surface area contributed by atoms with Crippen LogP contribution < -0.4 is 9.47 Å². The van der Waals surface area contributed by atoms with E-state index in [0.717, 1.165) is 36.5 Å². The van der Waals surface area contributed by atoms with Gasteiger partial charge < -0.3 is 19.7 Å². The number of aromatic hydroxyl groups is 2. The summed E-state index contributed by atoms with van der Waals surface area (Å²) >= 11 is 0. The normalized spacial score (nSPS) is 10.9. The van der Waals surface area contributed by atoms with Crippen molar-refractivity contribution in [3.05, 3.63) is 83.9 Å². The van der Waals surface area contributed by atoms with Crippen molar-refractivity contribution in [2.45, 2.75) is 33.6 Å². The summed E-state index contributed by atoms with van der Waals surface area (Å²) in [5.41, 5.74) is 2.09. The Morgan fingerprint density at radius 3 is 1.90 bits per heavy atom. The molecule has 4 nitrogen and oxygen atoms in total. The summed E-state index contributed by atoms with van der Waals surface area (Å²) in [6.07, 6.45) is 2.15. The van der Waals surface area contributed by atoms with E-state index >= 15 is 0 Å². The van der Waals surface area contributed by atoms with Gasteiger partial charge in [-0.15, -0.1) is 0 Å². The van der Waals surface area contributed by atoms with Crippen LogP contribution in [0.1, 0.15) is 31.4 Å². The van der Waals surface area contributed by atoms with Crippen LogP contribution in [0.25, 0.3) is 0 Å². The lowest BCUT2D eigenvalue weighted by atomic mass is 10.0. The second kappa shape index (κ2) is 13.9. The van der Waals surface area contributed by atoms with Crippen molar-refractivity contribution in [2.75, 3.05) is 13.7 Å². The van der Waals surface area contributed by atoms with E-state index in [1.165, 1.54) is 5.56 Å². The minimum atomic E-state index is 0.322. The number of hydrogen-bond donors (Lipinski definition) is 2. The first-order valence-electron chi connectivity index (χ1n) is 9.89. The number of fused-ring (bicyclic) bond motifs is 1. The average Bonchev–Trinajstić information content (AvgIpc) is 2.80. The molecule has 4 heteroatoms. The zero-order chi connectivity index (χ0) is 21.5. The van der Waals surface area contributed by atoms with E-state index in [4.69, 9.17) is 14.6 Å². The maximum Gasteiger partial charge on any atom is 0.129 e. The van der Waals surface area contributed by atoms with Crippen LogP contribution in [0.3, 0.4) is 0 Å². The van der Waals surface area contributed by atoms with Crippen LogP contribution in [-0.2, 0) is 6.42 Å². The standard InChI is InChI=1S/C10H12O2.C7H8O.C6H6O.C2H6/c1-7-9(11)5-4-8-3-2-6-12-10(7)8;1-8-7-5-3-2-4-6-7;7-6-4-2-1-3-5-6;1-2/h4-5,11H,2-3,6H2,1H3;2-6H,1H3;1-5,7H;1-2H3. The number of methoxy groups -OCH3 is 1. The number of phenols is 2. The van der Waals surface area contributed by atoms with E-state index in [-0.39, 0.29) is 0 Å². The minimum absolute atomic E-state index is 0.322. The molecule has 3 aromatic carbocycles. The van der Waals surface area contributed by atoms with Crippen molar-refractivity contribution in [2.24, 2.45) is 0 Å². The van der Waals surface area contributed by atoms with E-state index in [9.17, 15) is 5.11 Å². The number of hydrogen-bond acceptors (Lipinski definition) is 4. The quantitative estimate of drug-likeness (QED) is 0.519. The lowest BCUT2D eigenvalue weighted by Crippen LogP contribution is -2.09. The van der Waals surface area contributed by atoms with Gasteiger partial charge in [0.2, 0.25) is 0 Å². The highest BCUT2D eigenvalue weighted by Gasteiger charge is 2.14. The fourth-order valence-corrected chi connectivity index (χ4v) is 2.56. The lowest BCUT2D eigenvalue weighted by molar-refractivity contribution is 0.284. The number of rotatable bonds is 1. The third-order valence-electron chi connectivity index (χ3n) is 4.03. The smallest absolute Gasteiger partial charge is 0.129 e. The molecular formula is C25H32O4. The van der Waals surface area contributed by atoms with Crippen molar-refractivity contribution in [3.63, 3.8) is 0 Å².